The average Bonchev–Trinajstić information content (AvgIpc) is 3.35. The Morgan fingerprint density at radius 2 is 1.97 bits per heavy atom. The fourth-order valence-corrected chi connectivity index (χ4v) is 3.06. The minimum atomic E-state index is -1.14. The number of nitrogens with zero attached hydrogens (tertiary/aromatic N) is 2. The molecule has 1 unspecified atom stereocenters. The van der Waals surface area contributed by atoms with Gasteiger partial charge in [0.15, 0.2) is 0 Å². The Kier molecular flexibility index (Phi) is 7.84. The first-order valence-electron chi connectivity index (χ1n) is 10.8. The molecule has 7 nitrogen and oxygen atoms in total. The van der Waals surface area contributed by atoms with Crippen molar-refractivity contribution in [2.24, 2.45) is 0 Å². The Hall–Kier alpha value is -3.68. The number of hydrogen-bond acceptors (Lipinski definition) is 5. The zero-order valence-corrected chi connectivity index (χ0v) is 17.4. The summed E-state index contributed by atoms with van der Waals surface area (Å²) in [6.45, 7) is -0.684. The summed E-state index contributed by atoms with van der Waals surface area (Å²) in [4.78, 5) is 28.7. The van der Waals surface area contributed by atoms with Gasteiger partial charge in [-0.2, -0.15) is 4.39 Å². The maximum Gasteiger partial charge on any atom is 0.303 e. The quantitative estimate of drug-likeness (QED) is 0.324. The number of carbonyl (C=O) groups is 2. The Labute approximate surface area is 186 Å². The largest absolute Gasteiger partial charge is 0.493 e. The molecule has 0 fully saturated rings. The van der Waals surface area contributed by atoms with Crippen LogP contribution in [0.15, 0.2) is 65.4 Å². The zero-order chi connectivity index (χ0) is 23.6. The average molecular weight is 441 g/mol. The van der Waals surface area contributed by atoms with Crippen LogP contribution in [-0.4, -0.2) is 33.5 Å². The summed E-state index contributed by atoms with van der Waals surface area (Å²) in [6.07, 6.45) is 4.70. The molecule has 3 aromatic rings. The first kappa shape index (κ1) is 21.5. The number of benzene rings is 1. The van der Waals surface area contributed by atoms with Gasteiger partial charge in [-0.3, -0.25) is 9.59 Å². The topological polar surface area (TPSA) is 92.9 Å². The van der Waals surface area contributed by atoms with E-state index in [1.165, 1.54) is 17.2 Å². The Morgan fingerprint density at radius 1 is 1.12 bits per heavy atom. The summed E-state index contributed by atoms with van der Waals surface area (Å²) >= 11 is 0. The highest BCUT2D eigenvalue weighted by Gasteiger charge is 2.20. The fraction of sp³-hybridized carbons (Fsp3) is 0.292. The standard InChI is InChI=1S/C24H25FN2O5/c25-22-12-11-18(15-26-22)24(30)27(17-20-8-6-14-31-20)16-19-7-3-4-9-21(19)32-13-5-1-2-10-23(28)29/h3-4,6-9,11-12,14-15H,1-2,5,10,13,16-17H2,(H,28,29)/i17D. The monoisotopic (exact) mass is 441 g/mol. The summed E-state index contributed by atoms with van der Waals surface area (Å²) in [5.74, 6) is -1.16. The lowest BCUT2D eigenvalue weighted by Gasteiger charge is -2.23. The summed E-state index contributed by atoms with van der Waals surface area (Å²) in [5, 5.41) is 8.71. The molecule has 2 aromatic heterocycles. The van der Waals surface area contributed by atoms with Crippen molar-refractivity contribution in [3.8, 4) is 5.75 Å². The smallest absolute Gasteiger partial charge is 0.303 e. The molecule has 0 aliphatic heterocycles. The van der Waals surface area contributed by atoms with Gasteiger partial charge >= 0.3 is 5.97 Å². The molecule has 1 atom stereocenters. The number of aromatic nitrogens is 1. The summed E-state index contributed by atoms with van der Waals surface area (Å²) in [5.41, 5.74) is 0.840. The van der Waals surface area contributed by atoms with Crippen LogP contribution in [0.4, 0.5) is 4.39 Å². The van der Waals surface area contributed by atoms with Crippen LogP contribution < -0.4 is 4.74 Å². The van der Waals surface area contributed by atoms with Gasteiger partial charge in [0, 0.05) is 18.2 Å². The van der Waals surface area contributed by atoms with E-state index in [9.17, 15) is 14.0 Å². The van der Waals surface area contributed by atoms with Crippen molar-refractivity contribution in [1.29, 1.82) is 0 Å². The Bertz CT molecular complexity index is 1040. The van der Waals surface area contributed by atoms with E-state index in [2.05, 4.69) is 4.98 Å². The number of rotatable bonds is 12. The molecule has 1 N–H and O–H groups in total. The van der Waals surface area contributed by atoms with E-state index < -0.39 is 24.3 Å². The van der Waals surface area contributed by atoms with Crippen LogP contribution in [0.3, 0.4) is 0 Å². The van der Waals surface area contributed by atoms with Crippen molar-refractivity contribution in [3.63, 3.8) is 0 Å². The van der Waals surface area contributed by atoms with Gasteiger partial charge in [0.2, 0.25) is 5.95 Å². The lowest BCUT2D eigenvalue weighted by Crippen LogP contribution is -2.30. The van der Waals surface area contributed by atoms with Crippen LogP contribution in [0.25, 0.3) is 0 Å². The van der Waals surface area contributed by atoms with E-state index in [1.807, 2.05) is 12.1 Å². The highest BCUT2D eigenvalue weighted by atomic mass is 19.1. The Morgan fingerprint density at radius 3 is 2.69 bits per heavy atom. The molecule has 168 valence electrons. The Balaban J connectivity index is 1.75. The van der Waals surface area contributed by atoms with Gasteiger partial charge in [0.05, 0.1) is 32.9 Å². The van der Waals surface area contributed by atoms with Gasteiger partial charge < -0.3 is 19.2 Å². The van der Waals surface area contributed by atoms with Gasteiger partial charge in [-0.15, -0.1) is 0 Å². The molecule has 1 amide bonds. The maximum atomic E-state index is 13.2. The van der Waals surface area contributed by atoms with Gasteiger partial charge in [-0.05, 0) is 49.6 Å². The van der Waals surface area contributed by atoms with E-state index in [0.717, 1.165) is 18.7 Å². The summed E-state index contributed by atoms with van der Waals surface area (Å²) < 4.78 is 33.1. The second kappa shape index (κ2) is 11.6. The van der Waals surface area contributed by atoms with Crippen LogP contribution in [0.2, 0.25) is 0 Å². The normalized spacial score (nSPS) is 12.1. The second-order valence-electron chi connectivity index (χ2n) is 7.11. The van der Waals surface area contributed by atoms with E-state index in [0.29, 0.717) is 30.8 Å². The number of carboxylic acids is 1. The predicted molar refractivity (Wildman–Crippen MR) is 115 cm³/mol. The van der Waals surface area contributed by atoms with Gasteiger partial charge in [0.1, 0.15) is 11.5 Å². The number of para-hydroxylation sites is 1. The first-order valence-corrected chi connectivity index (χ1v) is 10.3. The van der Waals surface area contributed by atoms with Crippen LogP contribution in [0, 0.1) is 5.95 Å². The molecule has 2 heterocycles. The molecule has 8 heteroatoms. The van der Waals surface area contributed by atoms with Crippen LogP contribution >= 0.6 is 0 Å². The number of hydrogen-bond donors (Lipinski definition) is 1. The molecule has 0 saturated heterocycles. The molecule has 0 aliphatic rings. The molecule has 0 spiro atoms. The van der Waals surface area contributed by atoms with Crippen molar-refractivity contribution < 1.29 is 29.6 Å². The molecule has 0 aliphatic carbocycles. The summed E-state index contributed by atoms with van der Waals surface area (Å²) in [6, 6.07) is 12.9. The molecule has 32 heavy (non-hydrogen) atoms. The fourth-order valence-electron chi connectivity index (χ4n) is 3.06. The van der Waals surface area contributed by atoms with Crippen LogP contribution in [0.1, 0.15) is 48.7 Å². The van der Waals surface area contributed by atoms with Crippen LogP contribution in [0.5, 0.6) is 5.75 Å². The SMILES string of the molecule is [2H]C(c1ccco1)N(Cc1ccccc1OCCCCCC(=O)O)C(=O)c1ccc(F)nc1. The van der Waals surface area contributed by atoms with Crippen LogP contribution in [-0.2, 0) is 17.9 Å². The van der Waals surface area contributed by atoms with Crippen molar-refractivity contribution in [2.45, 2.75) is 38.7 Å². The molecule has 0 radical (unpaired) electrons. The number of carbonyl (C=O) groups excluding carboxylic acids is 1. The molecule has 1 aromatic carbocycles. The van der Waals surface area contributed by atoms with E-state index in [4.69, 9.17) is 15.6 Å². The number of halogens is 1. The van der Waals surface area contributed by atoms with Gasteiger partial charge in [0.25, 0.3) is 5.91 Å². The number of unbranched alkanes of at least 4 members (excludes halogenated alkanes) is 2. The number of carboxylic acid groups (broad SMARTS) is 1. The molecule has 3 rings (SSSR count). The highest BCUT2D eigenvalue weighted by Crippen LogP contribution is 2.23. The third kappa shape index (κ3) is 6.94. The number of furan rings is 1. The van der Waals surface area contributed by atoms with Crippen molar-refractivity contribution in [3.05, 3.63) is 83.8 Å². The number of pyridine rings is 1. The van der Waals surface area contributed by atoms with E-state index in [1.54, 1.807) is 24.3 Å². The minimum absolute atomic E-state index is 0.0558. The summed E-state index contributed by atoms with van der Waals surface area (Å²) in [7, 11) is 0. The van der Waals surface area contributed by atoms with Gasteiger partial charge in [-0.25, -0.2) is 4.98 Å². The van der Waals surface area contributed by atoms with E-state index in [-0.39, 0.29) is 24.3 Å². The first-order chi connectivity index (χ1) is 16.0. The minimum Gasteiger partial charge on any atom is -0.493 e. The third-order valence-corrected chi connectivity index (χ3v) is 4.67. The predicted octanol–water partition coefficient (Wildman–Crippen LogP) is 4.68. The number of amides is 1. The van der Waals surface area contributed by atoms with Crippen molar-refractivity contribution in [1.82, 2.24) is 9.88 Å². The van der Waals surface area contributed by atoms with Gasteiger partial charge in [-0.1, -0.05) is 18.2 Å². The molecule has 0 saturated carbocycles. The van der Waals surface area contributed by atoms with E-state index >= 15 is 0 Å². The zero-order valence-electron chi connectivity index (χ0n) is 18.4. The molecular formula is C24H25FN2O5. The lowest BCUT2D eigenvalue weighted by molar-refractivity contribution is -0.137. The lowest BCUT2D eigenvalue weighted by atomic mass is 10.1. The number of aliphatic carboxylic acids is 1. The van der Waals surface area contributed by atoms with Crippen molar-refractivity contribution >= 4 is 11.9 Å². The molecule has 0 bridgehead atoms. The second-order valence-corrected chi connectivity index (χ2v) is 7.11. The van der Waals surface area contributed by atoms with Crippen molar-refractivity contribution in [2.75, 3.05) is 6.61 Å². The highest BCUT2D eigenvalue weighted by molar-refractivity contribution is 5.93. The number of ether oxygens (including phenoxy) is 1. The maximum absolute atomic E-state index is 13.2. The third-order valence-electron chi connectivity index (χ3n) is 4.67. The molecular weight excluding hydrogens is 415 g/mol.